The fraction of sp³-hybridized carbons (Fsp3) is 0.571. The van der Waals surface area contributed by atoms with Crippen molar-refractivity contribution in [2.75, 3.05) is 13.2 Å². The SMILES string of the molecule is CC(C)(C)CNC1COc2ccccc2C1. The van der Waals surface area contributed by atoms with E-state index < -0.39 is 0 Å². The van der Waals surface area contributed by atoms with E-state index >= 15 is 0 Å². The van der Waals surface area contributed by atoms with Gasteiger partial charge in [0.05, 0.1) is 0 Å². The Kier molecular flexibility index (Phi) is 3.20. The van der Waals surface area contributed by atoms with Gasteiger partial charge < -0.3 is 10.1 Å². The third kappa shape index (κ3) is 2.99. The molecule has 0 saturated heterocycles. The van der Waals surface area contributed by atoms with E-state index in [1.54, 1.807) is 0 Å². The minimum Gasteiger partial charge on any atom is -0.492 e. The minimum atomic E-state index is 0.330. The first kappa shape index (κ1) is 11.5. The Balaban J connectivity index is 1.93. The molecule has 16 heavy (non-hydrogen) atoms. The van der Waals surface area contributed by atoms with E-state index in [1.165, 1.54) is 5.56 Å². The Bertz CT molecular complexity index is 354. The van der Waals surface area contributed by atoms with Gasteiger partial charge in [-0.05, 0) is 23.5 Å². The number of para-hydroxylation sites is 1. The lowest BCUT2D eigenvalue weighted by molar-refractivity contribution is 0.224. The van der Waals surface area contributed by atoms with Gasteiger partial charge in [0.1, 0.15) is 12.4 Å². The summed E-state index contributed by atoms with van der Waals surface area (Å²) in [5, 5.41) is 3.58. The van der Waals surface area contributed by atoms with Gasteiger partial charge in [-0.1, -0.05) is 39.0 Å². The quantitative estimate of drug-likeness (QED) is 0.825. The first-order chi connectivity index (χ1) is 7.54. The molecule has 0 bridgehead atoms. The number of nitrogens with one attached hydrogen (secondary N) is 1. The summed E-state index contributed by atoms with van der Waals surface area (Å²) in [6.07, 6.45) is 1.08. The van der Waals surface area contributed by atoms with Gasteiger partial charge in [0, 0.05) is 12.6 Å². The summed E-state index contributed by atoms with van der Waals surface area (Å²) < 4.78 is 5.74. The van der Waals surface area contributed by atoms with Crippen molar-refractivity contribution in [2.45, 2.75) is 33.2 Å². The summed E-state index contributed by atoms with van der Waals surface area (Å²) in [5.41, 5.74) is 1.65. The third-order valence-electron chi connectivity index (χ3n) is 2.80. The summed E-state index contributed by atoms with van der Waals surface area (Å²) >= 11 is 0. The molecule has 0 aromatic heterocycles. The smallest absolute Gasteiger partial charge is 0.122 e. The summed E-state index contributed by atoms with van der Waals surface area (Å²) in [6.45, 7) is 8.56. The predicted molar refractivity (Wildman–Crippen MR) is 66.9 cm³/mol. The number of rotatable bonds is 2. The molecule has 1 atom stereocenters. The molecule has 2 nitrogen and oxygen atoms in total. The van der Waals surface area contributed by atoms with Gasteiger partial charge in [-0.3, -0.25) is 0 Å². The Morgan fingerprint density at radius 1 is 1.31 bits per heavy atom. The number of fused-ring (bicyclic) bond motifs is 1. The normalized spacial score (nSPS) is 20.1. The fourth-order valence-corrected chi connectivity index (χ4v) is 1.91. The van der Waals surface area contributed by atoms with Crippen LogP contribution >= 0.6 is 0 Å². The van der Waals surface area contributed by atoms with Gasteiger partial charge in [0.25, 0.3) is 0 Å². The van der Waals surface area contributed by atoms with Crippen LogP contribution in [0, 0.1) is 5.41 Å². The molecule has 0 spiro atoms. The maximum Gasteiger partial charge on any atom is 0.122 e. The summed E-state index contributed by atoms with van der Waals surface area (Å²) in [7, 11) is 0. The molecule has 1 N–H and O–H groups in total. The molecule has 1 aliphatic heterocycles. The van der Waals surface area contributed by atoms with Crippen molar-refractivity contribution in [3.05, 3.63) is 29.8 Å². The minimum absolute atomic E-state index is 0.330. The first-order valence-electron chi connectivity index (χ1n) is 5.99. The fourth-order valence-electron chi connectivity index (χ4n) is 1.91. The molecule has 1 aromatic rings. The van der Waals surface area contributed by atoms with E-state index in [0.717, 1.165) is 25.3 Å². The number of benzene rings is 1. The Morgan fingerprint density at radius 2 is 2.06 bits per heavy atom. The van der Waals surface area contributed by atoms with Crippen LogP contribution in [-0.2, 0) is 6.42 Å². The monoisotopic (exact) mass is 219 g/mol. The van der Waals surface area contributed by atoms with Crippen LogP contribution in [0.15, 0.2) is 24.3 Å². The zero-order chi connectivity index (χ0) is 11.6. The molecule has 0 saturated carbocycles. The number of hydrogen-bond acceptors (Lipinski definition) is 2. The second kappa shape index (κ2) is 4.46. The van der Waals surface area contributed by atoms with Crippen LogP contribution in [0.1, 0.15) is 26.3 Å². The average molecular weight is 219 g/mol. The Hall–Kier alpha value is -1.02. The molecule has 1 aliphatic rings. The van der Waals surface area contributed by atoms with Crippen LogP contribution in [0.4, 0.5) is 0 Å². The third-order valence-corrected chi connectivity index (χ3v) is 2.80. The maximum absolute atomic E-state index is 5.74. The van der Waals surface area contributed by atoms with Crippen molar-refractivity contribution in [3.8, 4) is 5.75 Å². The molecule has 0 amide bonds. The standard InChI is InChI=1S/C14H21NO/c1-14(2,3)10-15-12-8-11-6-4-5-7-13(11)16-9-12/h4-7,12,15H,8-10H2,1-3H3. The lowest BCUT2D eigenvalue weighted by Gasteiger charge is -2.29. The van der Waals surface area contributed by atoms with E-state index in [2.05, 4.69) is 44.3 Å². The van der Waals surface area contributed by atoms with Crippen molar-refractivity contribution in [3.63, 3.8) is 0 Å². The Morgan fingerprint density at radius 3 is 2.81 bits per heavy atom. The van der Waals surface area contributed by atoms with Crippen molar-refractivity contribution >= 4 is 0 Å². The van der Waals surface area contributed by atoms with Crippen molar-refractivity contribution in [1.82, 2.24) is 5.32 Å². The second-order valence-electron chi connectivity index (χ2n) is 5.76. The summed E-state index contributed by atoms with van der Waals surface area (Å²) in [6, 6.07) is 8.76. The van der Waals surface area contributed by atoms with E-state index in [4.69, 9.17) is 4.74 Å². The van der Waals surface area contributed by atoms with Gasteiger partial charge in [-0.2, -0.15) is 0 Å². The summed E-state index contributed by atoms with van der Waals surface area (Å²) in [5.74, 6) is 1.05. The topological polar surface area (TPSA) is 21.3 Å². The highest BCUT2D eigenvalue weighted by Crippen LogP contribution is 2.24. The van der Waals surface area contributed by atoms with Gasteiger partial charge in [-0.15, -0.1) is 0 Å². The van der Waals surface area contributed by atoms with Gasteiger partial charge in [0.15, 0.2) is 0 Å². The summed E-state index contributed by atoms with van der Waals surface area (Å²) in [4.78, 5) is 0. The van der Waals surface area contributed by atoms with Gasteiger partial charge >= 0.3 is 0 Å². The van der Waals surface area contributed by atoms with Crippen molar-refractivity contribution < 1.29 is 4.74 Å². The molecular weight excluding hydrogens is 198 g/mol. The molecule has 1 heterocycles. The Labute approximate surface area is 98.0 Å². The predicted octanol–water partition coefficient (Wildman–Crippen LogP) is 2.63. The number of ether oxygens (including phenoxy) is 1. The van der Waals surface area contributed by atoms with Crippen molar-refractivity contribution in [2.24, 2.45) is 5.41 Å². The van der Waals surface area contributed by atoms with Crippen LogP contribution in [-0.4, -0.2) is 19.2 Å². The van der Waals surface area contributed by atoms with E-state index in [1.807, 2.05) is 6.07 Å². The molecule has 2 rings (SSSR count). The highest BCUT2D eigenvalue weighted by Gasteiger charge is 2.20. The van der Waals surface area contributed by atoms with Gasteiger partial charge in [0.2, 0.25) is 0 Å². The molecule has 2 heteroatoms. The van der Waals surface area contributed by atoms with Crippen molar-refractivity contribution in [1.29, 1.82) is 0 Å². The highest BCUT2D eigenvalue weighted by atomic mass is 16.5. The van der Waals surface area contributed by atoms with Gasteiger partial charge in [-0.25, -0.2) is 0 Å². The molecule has 1 unspecified atom stereocenters. The van der Waals surface area contributed by atoms with E-state index in [9.17, 15) is 0 Å². The molecule has 0 aliphatic carbocycles. The molecule has 88 valence electrons. The molecule has 0 fully saturated rings. The maximum atomic E-state index is 5.74. The van der Waals surface area contributed by atoms with Crippen LogP contribution in [0.25, 0.3) is 0 Å². The van der Waals surface area contributed by atoms with Crippen LogP contribution < -0.4 is 10.1 Å². The first-order valence-corrected chi connectivity index (χ1v) is 5.99. The molecule has 1 aromatic carbocycles. The van der Waals surface area contributed by atoms with E-state index in [0.29, 0.717) is 11.5 Å². The van der Waals surface area contributed by atoms with Crippen LogP contribution in [0.2, 0.25) is 0 Å². The second-order valence-corrected chi connectivity index (χ2v) is 5.76. The van der Waals surface area contributed by atoms with Crippen LogP contribution in [0.5, 0.6) is 5.75 Å². The molecule has 0 radical (unpaired) electrons. The van der Waals surface area contributed by atoms with E-state index in [-0.39, 0.29) is 0 Å². The lowest BCUT2D eigenvalue weighted by atomic mass is 9.95. The molecular formula is C14H21NO. The zero-order valence-corrected chi connectivity index (χ0v) is 10.4. The average Bonchev–Trinajstić information content (AvgIpc) is 2.25. The number of hydrogen-bond donors (Lipinski definition) is 1. The lowest BCUT2D eigenvalue weighted by Crippen LogP contribution is -2.42. The highest BCUT2D eigenvalue weighted by molar-refractivity contribution is 5.35. The van der Waals surface area contributed by atoms with Crippen LogP contribution in [0.3, 0.4) is 0 Å². The largest absolute Gasteiger partial charge is 0.492 e. The zero-order valence-electron chi connectivity index (χ0n) is 10.4.